The second kappa shape index (κ2) is 9.64. The average Bonchev–Trinajstić information content (AvgIpc) is 2.88. The maximum atomic E-state index is 12.1. The van der Waals surface area contributed by atoms with Gasteiger partial charge in [0.2, 0.25) is 5.88 Å². The molecule has 2 unspecified atom stereocenters. The van der Waals surface area contributed by atoms with Gasteiger partial charge in [-0.3, -0.25) is 0 Å². The predicted molar refractivity (Wildman–Crippen MR) is 130 cm³/mol. The van der Waals surface area contributed by atoms with Crippen molar-refractivity contribution in [1.29, 1.82) is 0 Å². The third-order valence-electron chi connectivity index (χ3n) is 6.05. The van der Waals surface area contributed by atoms with Gasteiger partial charge in [-0.1, -0.05) is 24.3 Å². The van der Waals surface area contributed by atoms with E-state index in [0.717, 1.165) is 16.5 Å². The summed E-state index contributed by atoms with van der Waals surface area (Å²) in [6, 6.07) is 22.4. The van der Waals surface area contributed by atoms with Crippen molar-refractivity contribution in [3.05, 3.63) is 89.5 Å². The van der Waals surface area contributed by atoms with Crippen LogP contribution in [0.25, 0.3) is 10.9 Å². The second-order valence-electron chi connectivity index (χ2n) is 8.37. The normalized spacial score (nSPS) is 16.8. The number of fused-ring (bicyclic) bond motifs is 2. The van der Waals surface area contributed by atoms with E-state index in [2.05, 4.69) is 4.98 Å². The summed E-state index contributed by atoms with van der Waals surface area (Å²) in [6.07, 6.45) is -0.0471. The van der Waals surface area contributed by atoms with Crippen LogP contribution in [0.3, 0.4) is 0 Å². The Balaban J connectivity index is 1.32. The molecule has 0 radical (unpaired) electrons. The van der Waals surface area contributed by atoms with Crippen LogP contribution in [0, 0.1) is 0 Å². The number of hydrogen-bond acceptors (Lipinski definition) is 7. The fourth-order valence-electron chi connectivity index (χ4n) is 4.33. The van der Waals surface area contributed by atoms with Gasteiger partial charge < -0.3 is 24.1 Å². The van der Waals surface area contributed by atoms with Crippen molar-refractivity contribution in [2.75, 3.05) is 14.2 Å². The number of aliphatic hydroxyl groups excluding tert-OH is 1. The number of nitrogens with zero attached hydrogens (tertiary/aromatic N) is 1. The minimum absolute atomic E-state index is 0.259. The van der Waals surface area contributed by atoms with Crippen LogP contribution >= 0.6 is 0 Å². The number of hydrogen-bond donors (Lipinski definition) is 1. The van der Waals surface area contributed by atoms with Gasteiger partial charge in [-0.05, 0) is 48.0 Å². The van der Waals surface area contributed by atoms with Crippen LogP contribution in [0.2, 0.25) is 0 Å². The third-order valence-corrected chi connectivity index (χ3v) is 6.05. The molecule has 7 nitrogen and oxygen atoms in total. The summed E-state index contributed by atoms with van der Waals surface area (Å²) in [6.45, 7) is 0. The zero-order valence-electron chi connectivity index (χ0n) is 19.4. The van der Waals surface area contributed by atoms with Crippen molar-refractivity contribution in [3.63, 3.8) is 0 Å². The van der Waals surface area contributed by atoms with Crippen LogP contribution in [-0.2, 0) is 11.2 Å². The van der Waals surface area contributed by atoms with Crippen LogP contribution in [0.5, 0.6) is 23.1 Å². The van der Waals surface area contributed by atoms with Gasteiger partial charge in [-0.15, -0.1) is 0 Å². The minimum Gasteiger partial charge on any atom is -0.496 e. The number of aromatic nitrogens is 1. The maximum absolute atomic E-state index is 12.1. The van der Waals surface area contributed by atoms with Gasteiger partial charge in [0.05, 0.1) is 25.8 Å². The minimum atomic E-state index is -0.713. The zero-order valence-corrected chi connectivity index (χ0v) is 19.4. The predicted octanol–water partition coefficient (Wildman–Crippen LogP) is 5.25. The first-order valence-electron chi connectivity index (χ1n) is 11.3. The Bertz CT molecular complexity index is 1390. The van der Waals surface area contributed by atoms with Crippen molar-refractivity contribution < 1.29 is 28.8 Å². The molecular weight excluding hydrogens is 446 g/mol. The van der Waals surface area contributed by atoms with Crippen molar-refractivity contribution in [1.82, 2.24) is 4.98 Å². The van der Waals surface area contributed by atoms with Gasteiger partial charge in [-0.25, -0.2) is 9.78 Å². The van der Waals surface area contributed by atoms with Crippen LogP contribution < -0.4 is 14.2 Å². The van der Waals surface area contributed by atoms with E-state index in [1.54, 1.807) is 30.3 Å². The highest BCUT2D eigenvalue weighted by molar-refractivity contribution is 5.92. The lowest BCUT2D eigenvalue weighted by Gasteiger charge is -2.30. The van der Waals surface area contributed by atoms with E-state index in [1.165, 1.54) is 14.2 Å². The highest BCUT2D eigenvalue weighted by atomic mass is 16.5. The molecule has 1 N–H and O–H groups in total. The molecule has 2 heterocycles. The first-order valence-corrected chi connectivity index (χ1v) is 11.3. The molecule has 35 heavy (non-hydrogen) atoms. The molecule has 5 rings (SSSR count). The molecule has 1 aliphatic heterocycles. The van der Waals surface area contributed by atoms with Crippen molar-refractivity contribution in [2.24, 2.45) is 0 Å². The highest BCUT2D eigenvalue weighted by Crippen LogP contribution is 2.39. The fourth-order valence-corrected chi connectivity index (χ4v) is 4.33. The van der Waals surface area contributed by atoms with E-state index in [4.69, 9.17) is 18.9 Å². The van der Waals surface area contributed by atoms with Crippen molar-refractivity contribution >= 4 is 16.9 Å². The number of ether oxygens (including phenoxy) is 4. The van der Waals surface area contributed by atoms with Crippen LogP contribution in [0.15, 0.2) is 72.8 Å². The second-order valence-corrected chi connectivity index (χ2v) is 8.37. The number of esters is 1. The van der Waals surface area contributed by atoms with E-state index in [0.29, 0.717) is 47.1 Å². The van der Waals surface area contributed by atoms with Crippen molar-refractivity contribution in [2.45, 2.75) is 25.0 Å². The molecule has 0 bridgehead atoms. The molecule has 0 aliphatic carbocycles. The Kier molecular flexibility index (Phi) is 6.25. The smallest absolute Gasteiger partial charge is 0.341 e. The summed E-state index contributed by atoms with van der Waals surface area (Å²) < 4.78 is 22.3. The summed E-state index contributed by atoms with van der Waals surface area (Å²) >= 11 is 0. The van der Waals surface area contributed by atoms with Gasteiger partial charge in [0, 0.05) is 29.9 Å². The van der Waals surface area contributed by atoms with Crippen LogP contribution in [-0.4, -0.2) is 36.4 Å². The molecule has 0 saturated heterocycles. The maximum Gasteiger partial charge on any atom is 0.341 e. The van der Waals surface area contributed by atoms with E-state index in [9.17, 15) is 9.90 Å². The molecule has 1 aromatic heterocycles. The Labute approximate surface area is 202 Å². The first kappa shape index (κ1) is 22.7. The van der Waals surface area contributed by atoms with E-state index in [-0.39, 0.29) is 6.10 Å². The summed E-state index contributed by atoms with van der Waals surface area (Å²) in [7, 11) is 2.84. The quantitative estimate of drug-likeness (QED) is 0.384. The molecule has 1 aliphatic rings. The number of benzene rings is 3. The molecule has 7 heteroatoms. The monoisotopic (exact) mass is 471 g/mol. The molecule has 0 amide bonds. The summed E-state index contributed by atoms with van der Waals surface area (Å²) in [4.78, 5) is 16.6. The summed E-state index contributed by atoms with van der Waals surface area (Å²) in [5.41, 5.74) is 2.76. The fraction of sp³-hybridized carbons (Fsp3) is 0.214. The van der Waals surface area contributed by atoms with Gasteiger partial charge in [-0.2, -0.15) is 0 Å². The van der Waals surface area contributed by atoms with Crippen LogP contribution in [0.4, 0.5) is 0 Å². The van der Waals surface area contributed by atoms with Gasteiger partial charge in [0.25, 0.3) is 0 Å². The topological polar surface area (TPSA) is 87.1 Å². The number of carbonyl (C=O) groups is 1. The SMILES string of the molecule is COC(=O)c1cc(CC2CC(O)c3cc(Oc4ccc5ccccc5n4)ccc3O2)ccc1OC. The number of pyridine rings is 1. The Hall–Kier alpha value is -4.10. The lowest BCUT2D eigenvalue weighted by molar-refractivity contribution is 0.0593. The molecule has 4 aromatic rings. The largest absolute Gasteiger partial charge is 0.496 e. The molecular formula is C28H25NO6. The Morgan fingerprint density at radius 2 is 1.91 bits per heavy atom. The van der Waals surface area contributed by atoms with Gasteiger partial charge >= 0.3 is 5.97 Å². The molecule has 178 valence electrons. The Morgan fingerprint density at radius 3 is 2.74 bits per heavy atom. The van der Waals surface area contributed by atoms with Crippen molar-refractivity contribution in [3.8, 4) is 23.1 Å². The van der Waals surface area contributed by atoms with Crippen LogP contribution in [0.1, 0.15) is 34.0 Å². The van der Waals surface area contributed by atoms with E-state index in [1.807, 2.05) is 42.5 Å². The summed E-state index contributed by atoms with van der Waals surface area (Å²) in [5, 5.41) is 11.9. The zero-order chi connectivity index (χ0) is 24.4. The molecule has 2 atom stereocenters. The number of carbonyl (C=O) groups excluding carboxylic acids is 1. The molecule has 0 saturated carbocycles. The summed E-state index contributed by atoms with van der Waals surface area (Å²) in [5.74, 6) is 1.64. The number of para-hydroxylation sites is 1. The molecule has 0 fully saturated rings. The molecule has 0 spiro atoms. The van der Waals surface area contributed by atoms with E-state index < -0.39 is 12.1 Å². The van der Waals surface area contributed by atoms with Gasteiger partial charge in [0.15, 0.2) is 0 Å². The number of methoxy groups -OCH3 is 2. The first-order chi connectivity index (χ1) is 17.0. The number of aliphatic hydroxyl groups is 1. The third kappa shape index (κ3) is 4.76. The lowest BCUT2D eigenvalue weighted by Crippen LogP contribution is -2.27. The lowest BCUT2D eigenvalue weighted by atomic mass is 9.94. The average molecular weight is 472 g/mol. The van der Waals surface area contributed by atoms with E-state index >= 15 is 0 Å². The number of rotatable bonds is 6. The molecule has 3 aromatic carbocycles. The highest BCUT2D eigenvalue weighted by Gasteiger charge is 2.28. The van der Waals surface area contributed by atoms with Gasteiger partial charge in [0.1, 0.15) is 28.9 Å². The standard InChI is InChI=1S/C28H25NO6/c1-32-25-10-7-17(14-22(25)28(31)33-2)13-20-16-24(30)21-15-19(9-11-26(21)34-20)35-27-12-8-18-5-3-4-6-23(18)29-27/h3-12,14-15,20,24,30H,13,16H2,1-2H3. The Morgan fingerprint density at radius 1 is 1.06 bits per heavy atom.